The van der Waals surface area contributed by atoms with Gasteiger partial charge in [0.15, 0.2) is 0 Å². The molecule has 21 heavy (non-hydrogen) atoms. The molecule has 2 aliphatic rings. The fourth-order valence-electron chi connectivity index (χ4n) is 3.16. The van der Waals surface area contributed by atoms with Gasteiger partial charge in [-0.1, -0.05) is 18.6 Å². The van der Waals surface area contributed by atoms with Crippen molar-refractivity contribution in [2.75, 3.05) is 37.6 Å². The van der Waals surface area contributed by atoms with Gasteiger partial charge < -0.3 is 15.1 Å². The maximum absolute atomic E-state index is 13.8. The summed E-state index contributed by atoms with van der Waals surface area (Å²) in [5.41, 5.74) is 0.639. The minimum atomic E-state index is -0.189. The highest BCUT2D eigenvalue weighted by atomic mass is 19.1. The van der Waals surface area contributed by atoms with E-state index in [0.717, 1.165) is 25.8 Å². The number of piperazine rings is 1. The molecule has 0 spiro atoms. The van der Waals surface area contributed by atoms with Gasteiger partial charge in [0.05, 0.1) is 11.7 Å². The van der Waals surface area contributed by atoms with Crippen molar-refractivity contribution in [3.8, 4) is 0 Å². The lowest BCUT2D eigenvalue weighted by Gasteiger charge is -2.38. The molecular weight excluding hydrogens is 269 g/mol. The minimum Gasteiger partial charge on any atom is -0.366 e. The quantitative estimate of drug-likeness (QED) is 0.899. The van der Waals surface area contributed by atoms with E-state index in [4.69, 9.17) is 0 Å². The van der Waals surface area contributed by atoms with Crippen LogP contribution in [0.3, 0.4) is 0 Å². The number of hydrogen-bond donors (Lipinski definition) is 1. The number of carbonyl (C=O) groups excluding carboxylic acids is 1. The van der Waals surface area contributed by atoms with E-state index in [-0.39, 0.29) is 17.8 Å². The molecule has 1 atom stereocenters. The lowest BCUT2D eigenvalue weighted by Crippen LogP contribution is -2.55. The standard InChI is InChI=1S/C16H22FN3O/c17-13-5-1-2-7-15(13)19-9-11-20(12-10-19)16(21)14-6-3-4-8-18-14/h1-2,5,7,14,18H,3-4,6,8-12H2. The number of amides is 1. The molecule has 2 fully saturated rings. The molecule has 2 saturated heterocycles. The van der Waals surface area contributed by atoms with Crippen molar-refractivity contribution in [2.24, 2.45) is 0 Å². The molecule has 1 amide bonds. The van der Waals surface area contributed by atoms with E-state index in [9.17, 15) is 9.18 Å². The zero-order valence-corrected chi connectivity index (χ0v) is 12.2. The molecule has 2 heterocycles. The molecule has 1 aromatic carbocycles. The molecule has 4 nitrogen and oxygen atoms in total. The first-order valence-electron chi connectivity index (χ1n) is 7.77. The zero-order valence-electron chi connectivity index (χ0n) is 12.2. The van der Waals surface area contributed by atoms with E-state index in [0.29, 0.717) is 31.9 Å². The summed E-state index contributed by atoms with van der Waals surface area (Å²) in [6.45, 7) is 3.67. The zero-order chi connectivity index (χ0) is 14.7. The summed E-state index contributed by atoms with van der Waals surface area (Å²) in [5, 5.41) is 3.30. The van der Waals surface area contributed by atoms with Gasteiger partial charge in [0, 0.05) is 26.2 Å². The largest absolute Gasteiger partial charge is 0.366 e. The van der Waals surface area contributed by atoms with Crippen molar-refractivity contribution >= 4 is 11.6 Å². The van der Waals surface area contributed by atoms with E-state index in [1.165, 1.54) is 6.07 Å². The average molecular weight is 291 g/mol. The molecule has 3 rings (SSSR count). The van der Waals surface area contributed by atoms with Gasteiger partial charge in [-0.05, 0) is 31.5 Å². The number of para-hydroxylation sites is 1. The summed E-state index contributed by atoms with van der Waals surface area (Å²) in [6.07, 6.45) is 3.22. The Labute approximate surface area is 124 Å². The van der Waals surface area contributed by atoms with Crippen molar-refractivity contribution in [3.63, 3.8) is 0 Å². The van der Waals surface area contributed by atoms with Crippen molar-refractivity contribution < 1.29 is 9.18 Å². The highest BCUT2D eigenvalue weighted by molar-refractivity contribution is 5.82. The third kappa shape index (κ3) is 3.18. The summed E-state index contributed by atoms with van der Waals surface area (Å²) in [4.78, 5) is 16.4. The van der Waals surface area contributed by atoms with Gasteiger partial charge >= 0.3 is 0 Å². The number of hydrogen-bond acceptors (Lipinski definition) is 3. The van der Waals surface area contributed by atoms with Crippen molar-refractivity contribution in [3.05, 3.63) is 30.1 Å². The van der Waals surface area contributed by atoms with Crippen LogP contribution < -0.4 is 10.2 Å². The lowest BCUT2D eigenvalue weighted by atomic mass is 10.0. The van der Waals surface area contributed by atoms with Crippen LogP contribution in [0.2, 0.25) is 0 Å². The lowest BCUT2D eigenvalue weighted by molar-refractivity contribution is -0.134. The minimum absolute atomic E-state index is 0.0150. The number of halogens is 1. The summed E-state index contributed by atoms with van der Waals surface area (Å²) >= 11 is 0. The molecule has 0 aliphatic carbocycles. The molecular formula is C16H22FN3O. The number of nitrogens with one attached hydrogen (secondary N) is 1. The van der Waals surface area contributed by atoms with Crippen LogP contribution in [-0.4, -0.2) is 49.6 Å². The first-order chi connectivity index (χ1) is 10.3. The Morgan fingerprint density at radius 1 is 1.14 bits per heavy atom. The Bertz CT molecular complexity index is 494. The molecule has 1 aromatic rings. The highest BCUT2D eigenvalue weighted by Crippen LogP contribution is 2.20. The maximum Gasteiger partial charge on any atom is 0.239 e. The fraction of sp³-hybridized carbons (Fsp3) is 0.562. The molecule has 0 aromatic heterocycles. The molecule has 1 N–H and O–H groups in total. The third-order valence-electron chi connectivity index (χ3n) is 4.39. The first-order valence-corrected chi connectivity index (χ1v) is 7.77. The second kappa shape index (κ2) is 6.43. The van der Waals surface area contributed by atoms with Gasteiger partial charge in [-0.15, -0.1) is 0 Å². The Kier molecular flexibility index (Phi) is 4.39. The van der Waals surface area contributed by atoms with Crippen LogP contribution in [0.4, 0.5) is 10.1 Å². The Morgan fingerprint density at radius 3 is 2.57 bits per heavy atom. The molecule has 5 heteroatoms. The average Bonchev–Trinajstić information content (AvgIpc) is 2.56. The summed E-state index contributed by atoms with van der Waals surface area (Å²) < 4.78 is 13.8. The van der Waals surface area contributed by atoms with Crippen LogP contribution in [-0.2, 0) is 4.79 Å². The van der Waals surface area contributed by atoms with Gasteiger partial charge in [-0.25, -0.2) is 4.39 Å². The summed E-state index contributed by atoms with van der Waals surface area (Å²) in [5.74, 6) is 0.0223. The molecule has 1 unspecified atom stereocenters. The third-order valence-corrected chi connectivity index (χ3v) is 4.39. The number of nitrogens with zero attached hydrogens (tertiary/aromatic N) is 2. The summed E-state index contributed by atoms with van der Waals surface area (Å²) in [6, 6.07) is 6.82. The van der Waals surface area contributed by atoms with Crippen molar-refractivity contribution in [2.45, 2.75) is 25.3 Å². The van der Waals surface area contributed by atoms with E-state index in [1.54, 1.807) is 12.1 Å². The second-order valence-corrected chi connectivity index (χ2v) is 5.77. The van der Waals surface area contributed by atoms with Crippen LogP contribution in [0.1, 0.15) is 19.3 Å². The van der Waals surface area contributed by atoms with E-state index >= 15 is 0 Å². The first kappa shape index (κ1) is 14.3. The molecule has 0 saturated carbocycles. The fourth-order valence-corrected chi connectivity index (χ4v) is 3.16. The van der Waals surface area contributed by atoms with Crippen molar-refractivity contribution in [1.29, 1.82) is 0 Å². The van der Waals surface area contributed by atoms with Crippen LogP contribution in [0, 0.1) is 5.82 Å². The van der Waals surface area contributed by atoms with Crippen LogP contribution in [0.5, 0.6) is 0 Å². The second-order valence-electron chi connectivity index (χ2n) is 5.77. The molecule has 114 valence electrons. The van der Waals surface area contributed by atoms with Gasteiger partial charge in [-0.3, -0.25) is 4.79 Å². The Hall–Kier alpha value is -1.62. The van der Waals surface area contributed by atoms with Crippen LogP contribution >= 0.6 is 0 Å². The van der Waals surface area contributed by atoms with Crippen LogP contribution in [0.15, 0.2) is 24.3 Å². The van der Waals surface area contributed by atoms with Gasteiger partial charge in [0.1, 0.15) is 5.82 Å². The van der Waals surface area contributed by atoms with Crippen LogP contribution in [0.25, 0.3) is 0 Å². The summed E-state index contributed by atoms with van der Waals surface area (Å²) in [7, 11) is 0. The molecule has 2 aliphatic heterocycles. The number of rotatable bonds is 2. The van der Waals surface area contributed by atoms with E-state index in [1.807, 2.05) is 15.9 Å². The number of benzene rings is 1. The Balaban J connectivity index is 1.57. The van der Waals surface area contributed by atoms with Crippen molar-refractivity contribution in [1.82, 2.24) is 10.2 Å². The van der Waals surface area contributed by atoms with Gasteiger partial charge in [-0.2, -0.15) is 0 Å². The maximum atomic E-state index is 13.8. The predicted molar refractivity (Wildman–Crippen MR) is 80.8 cm³/mol. The normalized spacial score (nSPS) is 23.2. The van der Waals surface area contributed by atoms with E-state index in [2.05, 4.69) is 5.32 Å². The number of piperidine rings is 1. The number of anilines is 1. The topological polar surface area (TPSA) is 35.6 Å². The predicted octanol–water partition coefficient (Wildman–Crippen LogP) is 1.62. The van der Waals surface area contributed by atoms with Gasteiger partial charge in [0.25, 0.3) is 0 Å². The smallest absolute Gasteiger partial charge is 0.239 e. The highest BCUT2D eigenvalue weighted by Gasteiger charge is 2.28. The van der Waals surface area contributed by atoms with Gasteiger partial charge in [0.2, 0.25) is 5.91 Å². The number of carbonyl (C=O) groups is 1. The SMILES string of the molecule is O=C(C1CCCCN1)N1CCN(c2ccccc2F)CC1. The van der Waals surface area contributed by atoms with E-state index < -0.39 is 0 Å². The molecule has 0 bridgehead atoms. The Morgan fingerprint density at radius 2 is 1.90 bits per heavy atom. The molecule has 0 radical (unpaired) electrons. The monoisotopic (exact) mass is 291 g/mol.